The lowest BCUT2D eigenvalue weighted by molar-refractivity contribution is -0.323. The Hall–Kier alpha value is -1.43. The van der Waals surface area contributed by atoms with E-state index in [4.69, 9.17) is 5.73 Å². The van der Waals surface area contributed by atoms with Gasteiger partial charge in [0.25, 0.3) is 0 Å². The van der Waals surface area contributed by atoms with Gasteiger partial charge in [0.2, 0.25) is 0 Å². The van der Waals surface area contributed by atoms with Gasteiger partial charge >= 0.3 is 6.36 Å². The third-order valence-corrected chi connectivity index (χ3v) is 2.38. The van der Waals surface area contributed by atoms with E-state index in [1.165, 1.54) is 0 Å². The van der Waals surface area contributed by atoms with Gasteiger partial charge < -0.3 is 10.6 Å². The van der Waals surface area contributed by atoms with Crippen molar-refractivity contribution in [3.05, 3.63) is 24.3 Å². The lowest BCUT2D eigenvalue weighted by Gasteiger charge is -2.24. The van der Waals surface area contributed by atoms with Crippen molar-refractivity contribution in [3.63, 3.8) is 0 Å². The summed E-state index contributed by atoms with van der Waals surface area (Å²) >= 11 is 0. The van der Waals surface area contributed by atoms with Gasteiger partial charge in [-0.1, -0.05) is 6.92 Å². The van der Waals surface area contributed by atoms with Crippen molar-refractivity contribution in [1.82, 2.24) is 0 Å². The summed E-state index contributed by atoms with van der Waals surface area (Å²) in [5.41, 5.74) is 7.04. The molecule has 0 radical (unpaired) electrons. The molecule has 0 amide bonds. The van der Waals surface area contributed by atoms with E-state index >= 15 is 0 Å². The van der Waals surface area contributed by atoms with E-state index in [1.54, 1.807) is 24.3 Å². The smallest absolute Gasteiger partial charge is 0.399 e. The standard InChI is InChI=1S/C12H17F3N2O/c1-2-7-17(8-9-18-12(13,14)15)11-5-3-10(16)4-6-11/h3-6H,2,7-9,16H2,1H3. The van der Waals surface area contributed by atoms with Crippen molar-refractivity contribution in [1.29, 1.82) is 0 Å². The molecule has 0 aromatic heterocycles. The molecule has 0 atom stereocenters. The summed E-state index contributed by atoms with van der Waals surface area (Å²) in [5, 5.41) is 0. The minimum absolute atomic E-state index is 0.192. The van der Waals surface area contributed by atoms with E-state index in [0.29, 0.717) is 12.2 Å². The molecule has 6 heteroatoms. The van der Waals surface area contributed by atoms with Crippen LogP contribution in [-0.2, 0) is 4.74 Å². The molecule has 0 fully saturated rings. The van der Waals surface area contributed by atoms with Crippen LogP contribution < -0.4 is 10.6 Å². The molecule has 1 rings (SSSR count). The molecule has 0 unspecified atom stereocenters. The van der Waals surface area contributed by atoms with Crippen LogP contribution >= 0.6 is 0 Å². The van der Waals surface area contributed by atoms with Gasteiger partial charge in [-0.25, -0.2) is 0 Å². The number of benzene rings is 1. The maximum atomic E-state index is 11.9. The third-order valence-electron chi connectivity index (χ3n) is 2.38. The first-order chi connectivity index (χ1) is 8.42. The Labute approximate surface area is 104 Å². The Bertz CT molecular complexity index is 351. The average Bonchev–Trinajstić information content (AvgIpc) is 2.27. The number of hydrogen-bond donors (Lipinski definition) is 1. The molecule has 102 valence electrons. The van der Waals surface area contributed by atoms with E-state index in [2.05, 4.69) is 4.74 Å². The van der Waals surface area contributed by atoms with Crippen LogP contribution in [0.25, 0.3) is 0 Å². The maximum absolute atomic E-state index is 11.9. The van der Waals surface area contributed by atoms with Gasteiger partial charge in [0.15, 0.2) is 0 Å². The molecule has 0 spiro atoms. The van der Waals surface area contributed by atoms with E-state index in [9.17, 15) is 13.2 Å². The van der Waals surface area contributed by atoms with Crippen LogP contribution in [0, 0.1) is 0 Å². The Morgan fingerprint density at radius 2 is 1.78 bits per heavy atom. The zero-order valence-electron chi connectivity index (χ0n) is 10.2. The summed E-state index contributed by atoms with van der Waals surface area (Å²) < 4.78 is 39.5. The Kier molecular flexibility index (Phi) is 5.27. The summed E-state index contributed by atoms with van der Waals surface area (Å²) in [6.07, 6.45) is -3.73. The number of nitrogen functional groups attached to an aromatic ring is 1. The second-order valence-corrected chi connectivity index (χ2v) is 3.87. The van der Waals surface area contributed by atoms with Gasteiger partial charge in [0.05, 0.1) is 6.61 Å². The first-order valence-corrected chi connectivity index (χ1v) is 5.73. The highest BCUT2D eigenvalue weighted by Gasteiger charge is 2.28. The first kappa shape index (κ1) is 14.6. The molecular weight excluding hydrogens is 245 g/mol. The summed E-state index contributed by atoms with van der Waals surface area (Å²) in [5.74, 6) is 0. The Morgan fingerprint density at radius 3 is 2.28 bits per heavy atom. The lowest BCUT2D eigenvalue weighted by Crippen LogP contribution is -2.30. The fourth-order valence-corrected chi connectivity index (χ4v) is 1.60. The van der Waals surface area contributed by atoms with Crippen LogP contribution in [0.5, 0.6) is 0 Å². The largest absolute Gasteiger partial charge is 0.522 e. The van der Waals surface area contributed by atoms with Crippen LogP contribution in [0.4, 0.5) is 24.5 Å². The average molecular weight is 262 g/mol. The van der Waals surface area contributed by atoms with Crippen molar-refractivity contribution in [2.45, 2.75) is 19.7 Å². The van der Waals surface area contributed by atoms with Crippen molar-refractivity contribution >= 4 is 11.4 Å². The molecular formula is C12H17F3N2O. The van der Waals surface area contributed by atoms with Crippen LogP contribution in [0.1, 0.15) is 13.3 Å². The zero-order chi connectivity index (χ0) is 13.6. The number of rotatable bonds is 6. The predicted molar refractivity (Wildman–Crippen MR) is 65.4 cm³/mol. The van der Waals surface area contributed by atoms with Crippen LogP contribution in [-0.4, -0.2) is 26.1 Å². The summed E-state index contributed by atoms with van der Waals surface area (Å²) in [6, 6.07) is 7.03. The molecule has 0 bridgehead atoms. The van der Waals surface area contributed by atoms with Gasteiger partial charge in [-0.3, -0.25) is 4.74 Å². The Morgan fingerprint density at radius 1 is 1.17 bits per heavy atom. The normalized spacial score (nSPS) is 11.6. The van der Waals surface area contributed by atoms with Crippen molar-refractivity contribution in [3.8, 4) is 0 Å². The summed E-state index contributed by atoms with van der Waals surface area (Å²) in [6.45, 7) is 2.45. The number of halogens is 3. The first-order valence-electron chi connectivity index (χ1n) is 5.73. The minimum Gasteiger partial charge on any atom is -0.399 e. The maximum Gasteiger partial charge on any atom is 0.522 e. The highest BCUT2D eigenvalue weighted by molar-refractivity contribution is 5.53. The van der Waals surface area contributed by atoms with E-state index in [1.807, 2.05) is 11.8 Å². The van der Waals surface area contributed by atoms with Crippen molar-refractivity contribution < 1.29 is 17.9 Å². The molecule has 0 saturated heterocycles. The van der Waals surface area contributed by atoms with E-state index < -0.39 is 6.36 Å². The zero-order valence-corrected chi connectivity index (χ0v) is 10.2. The molecule has 0 aliphatic carbocycles. The number of hydrogen-bond acceptors (Lipinski definition) is 3. The van der Waals surface area contributed by atoms with Gasteiger partial charge in [0, 0.05) is 24.5 Å². The molecule has 2 N–H and O–H groups in total. The van der Waals surface area contributed by atoms with Crippen LogP contribution in [0.15, 0.2) is 24.3 Å². The van der Waals surface area contributed by atoms with Gasteiger partial charge in [0.1, 0.15) is 0 Å². The fourth-order valence-electron chi connectivity index (χ4n) is 1.60. The molecule has 1 aromatic carbocycles. The molecule has 18 heavy (non-hydrogen) atoms. The van der Waals surface area contributed by atoms with Crippen molar-refractivity contribution in [2.24, 2.45) is 0 Å². The number of nitrogens with two attached hydrogens (primary N) is 1. The second-order valence-electron chi connectivity index (χ2n) is 3.87. The second kappa shape index (κ2) is 6.49. The third kappa shape index (κ3) is 5.27. The van der Waals surface area contributed by atoms with Crippen LogP contribution in [0.3, 0.4) is 0 Å². The van der Waals surface area contributed by atoms with E-state index in [0.717, 1.165) is 12.1 Å². The quantitative estimate of drug-likeness (QED) is 0.801. The number of nitrogens with zero attached hydrogens (tertiary/aromatic N) is 1. The molecule has 3 nitrogen and oxygen atoms in total. The topological polar surface area (TPSA) is 38.5 Å². The predicted octanol–water partition coefficient (Wildman–Crippen LogP) is 3.02. The van der Waals surface area contributed by atoms with Crippen molar-refractivity contribution in [2.75, 3.05) is 30.3 Å². The monoisotopic (exact) mass is 262 g/mol. The summed E-state index contributed by atoms with van der Waals surface area (Å²) in [4.78, 5) is 1.84. The number of anilines is 2. The molecule has 0 heterocycles. The molecule has 1 aromatic rings. The lowest BCUT2D eigenvalue weighted by atomic mass is 10.2. The molecule has 0 aliphatic heterocycles. The van der Waals surface area contributed by atoms with Crippen LogP contribution in [0.2, 0.25) is 0 Å². The summed E-state index contributed by atoms with van der Waals surface area (Å²) in [7, 11) is 0. The van der Waals surface area contributed by atoms with E-state index in [-0.39, 0.29) is 13.2 Å². The van der Waals surface area contributed by atoms with Gasteiger partial charge in [-0.15, -0.1) is 13.2 Å². The molecule has 0 aliphatic rings. The Balaban J connectivity index is 2.57. The number of ether oxygens (including phenoxy) is 1. The highest BCUT2D eigenvalue weighted by Crippen LogP contribution is 2.19. The minimum atomic E-state index is -4.57. The highest BCUT2D eigenvalue weighted by atomic mass is 19.4. The van der Waals surface area contributed by atoms with Gasteiger partial charge in [-0.2, -0.15) is 0 Å². The fraction of sp³-hybridized carbons (Fsp3) is 0.500. The SMILES string of the molecule is CCCN(CCOC(F)(F)F)c1ccc(N)cc1. The van der Waals surface area contributed by atoms with Gasteiger partial charge in [-0.05, 0) is 30.7 Å². The number of alkyl halides is 3. The molecule has 0 saturated carbocycles.